The molecule has 2 aromatic heterocycles. The molecule has 6 nitrogen and oxygen atoms in total. The molecule has 1 fully saturated rings. The first-order valence-electron chi connectivity index (χ1n) is 10.2. The molecule has 3 aromatic rings. The van der Waals surface area contributed by atoms with E-state index in [9.17, 15) is 18.0 Å². The Kier molecular flexibility index (Phi) is 6.01. The Bertz CT molecular complexity index is 1130. The number of carbonyl (C=O) groups excluding carboxylic acids is 1. The molecule has 32 heavy (non-hydrogen) atoms. The number of benzene rings is 1. The average Bonchev–Trinajstić information content (AvgIpc) is 3.19. The van der Waals surface area contributed by atoms with E-state index in [1.807, 2.05) is 19.1 Å². The molecular weight excluding hydrogens is 421 g/mol. The Labute approximate surface area is 183 Å². The van der Waals surface area contributed by atoms with E-state index in [4.69, 9.17) is 4.74 Å². The number of amides is 1. The van der Waals surface area contributed by atoms with Crippen LogP contribution in [0.15, 0.2) is 48.8 Å². The van der Waals surface area contributed by atoms with Crippen LogP contribution in [0, 0.1) is 6.92 Å². The summed E-state index contributed by atoms with van der Waals surface area (Å²) in [5.74, 6) is -0.122. The van der Waals surface area contributed by atoms with E-state index in [0.717, 1.165) is 17.3 Å². The van der Waals surface area contributed by atoms with Crippen LogP contribution >= 0.6 is 0 Å². The number of hydrogen-bond acceptors (Lipinski definition) is 4. The summed E-state index contributed by atoms with van der Waals surface area (Å²) in [4.78, 5) is 19.1. The van der Waals surface area contributed by atoms with Crippen molar-refractivity contribution in [1.82, 2.24) is 19.7 Å². The number of nitrogens with zero attached hydrogens (tertiary/aromatic N) is 4. The Morgan fingerprint density at radius 1 is 1.22 bits per heavy atom. The van der Waals surface area contributed by atoms with Gasteiger partial charge in [0.2, 0.25) is 0 Å². The number of pyridine rings is 1. The molecule has 0 bridgehead atoms. The molecule has 1 aliphatic rings. The molecule has 0 N–H and O–H groups in total. The molecule has 1 aromatic carbocycles. The number of halogens is 3. The molecule has 0 saturated carbocycles. The Morgan fingerprint density at radius 3 is 2.75 bits per heavy atom. The standard InChI is InChI=1S/C23H23F3N4O2/c1-15-8-17(9-16-4-3-5-19(10-16)23(24,25)26)11-20(28-15)21-14-30(6-7-32-21)22(31)18-12-27-29(2)13-18/h3-5,8,10-13,21H,6-7,9,14H2,1-2H3/t21-/m1/s1. The first-order chi connectivity index (χ1) is 15.2. The van der Waals surface area contributed by atoms with Crippen LogP contribution in [0.1, 0.15) is 44.5 Å². The number of hydrogen-bond donors (Lipinski definition) is 0. The van der Waals surface area contributed by atoms with E-state index in [1.165, 1.54) is 18.3 Å². The zero-order chi connectivity index (χ0) is 22.9. The third-order valence-electron chi connectivity index (χ3n) is 5.33. The minimum absolute atomic E-state index is 0.122. The molecule has 1 aliphatic heterocycles. The average molecular weight is 444 g/mol. The molecule has 1 saturated heterocycles. The van der Waals surface area contributed by atoms with Gasteiger partial charge in [0.15, 0.2) is 0 Å². The lowest BCUT2D eigenvalue weighted by Gasteiger charge is -2.32. The molecule has 1 amide bonds. The van der Waals surface area contributed by atoms with Crippen molar-refractivity contribution in [2.75, 3.05) is 19.7 Å². The second kappa shape index (κ2) is 8.74. The highest BCUT2D eigenvalue weighted by molar-refractivity contribution is 5.93. The minimum Gasteiger partial charge on any atom is -0.368 e. The van der Waals surface area contributed by atoms with Gasteiger partial charge in [0, 0.05) is 25.5 Å². The van der Waals surface area contributed by atoms with Gasteiger partial charge >= 0.3 is 6.18 Å². The lowest BCUT2D eigenvalue weighted by molar-refractivity contribution is -0.137. The molecule has 4 rings (SSSR count). The zero-order valence-corrected chi connectivity index (χ0v) is 17.8. The topological polar surface area (TPSA) is 60.2 Å². The predicted octanol–water partition coefficient (Wildman–Crippen LogP) is 3.95. The maximum atomic E-state index is 13.0. The zero-order valence-electron chi connectivity index (χ0n) is 17.8. The summed E-state index contributed by atoms with van der Waals surface area (Å²) in [6, 6.07) is 9.02. The second-order valence-corrected chi connectivity index (χ2v) is 7.93. The van der Waals surface area contributed by atoms with Gasteiger partial charge in [-0.05, 0) is 42.7 Å². The van der Waals surface area contributed by atoms with Gasteiger partial charge in [-0.25, -0.2) is 0 Å². The summed E-state index contributed by atoms with van der Waals surface area (Å²) < 4.78 is 46.6. The highest BCUT2D eigenvalue weighted by atomic mass is 19.4. The van der Waals surface area contributed by atoms with Crippen LogP contribution in [0.3, 0.4) is 0 Å². The quantitative estimate of drug-likeness (QED) is 0.612. The number of ether oxygens (including phenoxy) is 1. The van der Waals surface area contributed by atoms with Crippen LogP contribution < -0.4 is 0 Å². The summed E-state index contributed by atoms with van der Waals surface area (Å²) in [7, 11) is 1.75. The largest absolute Gasteiger partial charge is 0.416 e. The summed E-state index contributed by atoms with van der Waals surface area (Å²) >= 11 is 0. The summed E-state index contributed by atoms with van der Waals surface area (Å²) in [5.41, 5.74) is 2.65. The molecule has 0 aliphatic carbocycles. The lowest BCUT2D eigenvalue weighted by Crippen LogP contribution is -2.42. The summed E-state index contributed by atoms with van der Waals surface area (Å²) in [6.45, 7) is 3.01. The van der Waals surface area contributed by atoms with Crippen LogP contribution in [0.5, 0.6) is 0 Å². The fourth-order valence-electron chi connectivity index (χ4n) is 3.86. The van der Waals surface area contributed by atoms with E-state index >= 15 is 0 Å². The molecule has 0 spiro atoms. The van der Waals surface area contributed by atoms with E-state index in [0.29, 0.717) is 42.9 Å². The van der Waals surface area contributed by atoms with Crippen LogP contribution in [-0.4, -0.2) is 45.3 Å². The van der Waals surface area contributed by atoms with Crippen molar-refractivity contribution in [1.29, 1.82) is 0 Å². The SMILES string of the molecule is Cc1cc(Cc2cccc(C(F)(F)F)c2)cc([C@H]2CN(C(=O)c3cnn(C)c3)CCO2)n1. The van der Waals surface area contributed by atoms with Gasteiger partial charge in [0.05, 0.1) is 36.2 Å². The van der Waals surface area contributed by atoms with Crippen molar-refractivity contribution < 1.29 is 22.7 Å². The number of alkyl halides is 3. The van der Waals surface area contributed by atoms with Crippen LogP contribution in [0.25, 0.3) is 0 Å². The number of aryl methyl sites for hydroxylation is 2. The van der Waals surface area contributed by atoms with E-state index in [1.54, 1.807) is 28.9 Å². The van der Waals surface area contributed by atoms with E-state index < -0.39 is 17.8 Å². The number of aromatic nitrogens is 3. The maximum absolute atomic E-state index is 13.0. The third-order valence-corrected chi connectivity index (χ3v) is 5.33. The fraction of sp³-hybridized carbons (Fsp3) is 0.348. The maximum Gasteiger partial charge on any atom is 0.416 e. The molecule has 168 valence electrons. The minimum atomic E-state index is -4.38. The van der Waals surface area contributed by atoms with Gasteiger partial charge in [-0.3, -0.25) is 14.5 Å². The van der Waals surface area contributed by atoms with Crippen molar-refractivity contribution in [3.63, 3.8) is 0 Å². The Balaban J connectivity index is 1.53. The highest BCUT2D eigenvalue weighted by Crippen LogP contribution is 2.30. The fourth-order valence-corrected chi connectivity index (χ4v) is 3.86. The van der Waals surface area contributed by atoms with Gasteiger partial charge in [-0.15, -0.1) is 0 Å². The third kappa shape index (κ3) is 4.99. The molecule has 1 atom stereocenters. The number of rotatable bonds is 4. The van der Waals surface area contributed by atoms with Crippen molar-refractivity contribution in [3.05, 3.63) is 82.4 Å². The smallest absolute Gasteiger partial charge is 0.368 e. The van der Waals surface area contributed by atoms with E-state index in [-0.39, 0.29) is 5.91 Å². The van der Waals surface area contributed by atoms with Crippen LogP contribution in [0.2, 0.25) is 0 Å². The summed E-state index contributed by atoms with van der Waals surface area (Å²) in [6.07, 6.45) is -1.25. The normalized spacial score (nSPS) is 16.9. The highest BCUT2D eigenvalue weighted by Gasteiger charge is 2.30. The van der Waals surface area contributed by atoms with Crippen LogP contribution in [-0.2, 0) is 24.4 Å². The van der Waals surface area contributed by atoms with Gasteiger partial charge in [-0.1, -0.05) is 18.2 Å². The van der Waals surface area contributed by atoms with Crippen molar-refractivity contribution in [3.8, 4) is 0 Å². The second-order valence-electron chi connectivity index (χ2n) is 7.93. The molecule has 0 unspecified atom stereocenters. The molecular formula is C23H23F3N4O2. The van der Waals surface area contributed by atoms with Gasteiger partial charge in [-0.2, -0.15) is 18.3 Å². The molecule has 9 heteroatoms. The van der Waals surface area contributed by atoms with Gasteiger partial charge < -0.3 is 9.64 Å². The lowest BCUT2D eigenvalue weighted by atomic mass is 10.0. The monoisotopic (exact) mass is 444 g/mol. The van der Waals surface area contributed by atoms with Gasteiger partial charge in [0.1, 0.15) is 6.10 Å². The Morgan fingerprint density at radius 2 is 2.03 bits per heavy atom. The molecule has 0 radical (unpaired) electrons. The predicted molar refractivity (Wildman–Crippen MR) is 111 cm³/mol. The van der Waals surface area contributed by atoms with Crippen molar-refractivity contribution in [2.45, 2.75) is 25.6 Å². The first-order valence-corrected chi connectivity index (χ1v) is 10.2. The number of carbonyl (C=O) groups is 1. The Hall–Kier alpha value is -3.20. The first kappa shape index (κ1) is 22.0. The number of morpholine rings is 1. The van der Waals surface area contributed by atoms with Crippen LogP contribution in [0.4, 0.5) is 13.2 Å². The van der Waals surface area contributed by atoms with E-state index in [2.05, 4.69) is 10.1 Å². The van der Waals surface area contributed by atoms with Crippen molar-refractivity contribution in [2.24, 2.45) is 7.05 Å². The summed E-state index contributed by atoms with van der Waals surface area (Å²) in [5, 5.41) is 4.05. The van der Waals surface area contributed by atoms with Crippen molar-refractivity contribution >= 4 is 5.91 Å². The molecule has 3 heterocycles. The van der Waals surface area contributed by atoms with Gasteiger partial charge in [0.25, 0.3) is 5.91 Å².